The minimum Gasteiger partial charge on any atom is -0.355 e. The van der Waals surface area contributed by atoms with Crippen molar-refractivity contribution in [2.24, 2.45) is 11.8 Å². The van der Waals surface area contributed by atoms with E-state index >= 15 is 0 Å². The molecule has 1 aliphatic heterocycles. The van der Waals surface area contributed by atoms with Gasteiger partial charge in [0.2, 0.25) is 5.91 Å². The molecule has 0 unspecified atom stereocenters. The Morgan fingerprint density at radius 1 is 1.32 bits per heavy atom. The fraction of sp³-hybridized carbons (Fsp3) is 0.526. The van der Waals surface area contributed by atoms with Crippen molar-refractivity contribution in [1.82, 2.24) is 14.9 Å². The van der Waals surface area contributed by atoms with Crippen molar-refractivity contribution >= 4 is 23.1 Å². The lowest BCUT2D eigenvalue weighted by molar-refractivity contribution is -0.129. The zero-order valence-electron chi connectivity index (χ0n) is 14.8. The molecule has 2 aliphatic rings. The molecule has 0 aromatic carbocycles. The van der Waals surface area contributed by atoms with Gasteiger partial charge in [0.05, 0.1) is 24.5 Å². The van der Waals surface area contributed by atoms with Crippen LogP contribution in [0.5, 0.6) is 0 Å². The van der Waals surface area contributed by atoms with Gasteiger partial charge in [-0.15, -0.1) is 11.3 Å². The van der Waals surface area contributed by atoms with E-state index in [1.165, 1.54) is 12.8 Å². The third kappa shape index (κ3) is 3.27. The van der Waals surface area contributed by atoms with Gasteiger partial charge in [0.1, 0.15) is 5.82 Å². The van der Waals surface area contributed by atoms with Crippen molar-refractivity contribution < 1.29 is 4.79 Å². The maximum absolute atomic E-state index is 12.6. The topological polar surface area (TPSA) is 49.3 Å². The fourth-order valence-corrected chi connectivity index (χ4v) is 5.03. The minimum atomic E-state index is 0.272. The zero-order valence-corrected chi connectivity index (χ0v) is 15.6. The summed E-state index contributed by atoms with van der Waals surface area (Å²) in [6.45, 7) is 3.75. The van der Waals surface area contributed by atoms with Gasteiger partial charge in [-0.3, -0.25) is 9.78 Å². The summed E-state index contributed by atoms with van der Waals surface area (Å²) in [5.74, 6) is 2.37. The van der Waals surface area contributed by atoms with Crippen molar-refractivity contribution in [2.45, 2.75) is 32.2 Å². The van der Waals surface area contributed by atoms with Gasteiger partial charge in [0.15, 0.2) is 0 Å². The van der Waals surface area contributed by atoms with Crippen LogP contribution < -0.4 is 4.90 Å². The Labute approximate surface area is 152 Å². The average Bonchev–Trinajstić information content (AvgIpc) is 3.31. The van der Waals surface area contributed by atoms with E-state index in [4.69, 9.17) is 0 Å². The van der Waals surface area contributed by atoms with Crippen molar-refractivity contribution in [1.29, 1.82) is 0 Å². The SMILES string of the molecule is Cc1cnc(N(C)[C@@H]2CC[C@@H]3CN(C(=O)Cc4cccs4)C[C@@H]32)cn1. The van der Waals surface area contributed by atoms with E-state index in [1.54, 1.807) is 11.3 Å². The second-order valence-electron chi connectivity index (χ2n) is 7.25. The molecule has 1 amide bonds. The normalized spacial score (nSPS) is 25.2. The molecule has 1 saturated carbocycles. The standard InChI is InChI=1S/C19H24N4OS/c1-13-9-21-18(10-20-13)22(2)17-6-5-14-11-23(12-16(14)17)19(24)8-15-4-3-7-25-15/h3-4,7,9-10,14,16-17H,5-6,8,11-12H2,1-2H3/t14-,16+,17-/m1/s1. The molecule has 6 heteroatoms. The number of carbonyl (C=O) groups is 1. The maximum Gasteiger partial charge on any atom is 0.227 e. The monoisotopic (exact) mass is 356 g/mol. The molecule has 25 heavy (non-hydrogen) atoms. The van der Waals surface area contributed by atoms with Gasteiger partial charge in [-0.05, 0) is 37.1 Å². The molecule has 132 valence electrons. The lowest BCUT2D eigenvalue weighted by Gasteiger charge is -2.30. The van der Waals surface area contributed by atoms with Crippen LogP contribution in [-0.2, 0) is 11.2 Å². The summed E-state index contributed by atoms with van der Waals surface area (Å²) in [6, 6.07) is 4.51. The van der Waals surface area contributed by atoms with Crippen molar-refractivity contribution in [2.75, 3.05) is 25.0 Å². The van der Waals surface area contributed by atoms with Crippen molar-refractivity contribution in [3.05, 3.63) is 40.5 Å². The summed E-state index contributed by atoms with van der Waals surface area (Å²) in [4.78, 5) is 27.0. The Morgan fingerprint density at radius 3 is 2.92 bits per heavy atom. The molecule has 5 nitrogen and oxygen atoms in total. The molecule has 0 spiro atoms. The molecule has 2 fully saturated rings. The Kier molecular flexibility index (Phi) is 4.46. The number of likely N-dealkylation sites (tertiary alicyclic amines) is 1. The first kappa shape index (κ1) is 16.5. The smallest absolute Gasteiger partial charge is 0.227 e. The van der Waals surface area contributed by atoms with Crippen LogP contribution in [0.3, 0.4) is 0 Å². The van der Waals surface area contributed by atoms with Gasteiger partial charge in [-0.2, -0.15) is 0 Å². The van der Waals surface area contributed by atoms with Gasteiger partial charge in [0, 0.05) is 37.0 Å². The molecule has 0 N–H and O–H groups in total. The van der Waals surface area contributed by atoms with Gasteiger partial charge < -0.3 is 9.80 Å². The Bertz CT molecular complexity index is 730. The van der Waals surface area contributed by atoms with Gasteiger partial charge >= 0.3 is 0 Å². The molecular weight excluding hydrogens is 332 g/mol. The molecule has 0 bridgehead atoms. The number of rotatable bonds is 4. The summed E-state index contributed by atoms with van der Waals surface area (Å²) in [7, 11) is 2.11. The van der Waals surface area contributed by atoms with Gasteiger partial charge in [-0.1, -0.05) is 6.07 Å². The zero-order chi connectivity index (χ0) is 17.4. The number of carbonyl (C=O) groups excluding carboxylic acids is 1. The van der Waals surface area contributed by atoms with E-state index in [9.17, 15) is 4.79 Å². The molecule has 0 radical (unpaired) electrons. The molecule has 4 rings (SSSR count). The predicted octanol–water partition coefficient (Wildman–Crippen LogP) is 2.76. The largest absolute Gasteiger partial charge is 0.355 e. The van der Waals surface area contributed by atoms with Crippen LogP contribution in [0, 0.1) is 18.8 Å². The number of fused-ring (bicyclic) bond motifs is 1. The van der Waals surface area contributed by atoms with E-state index in [0.29, 0.717) is 24.3 Å². The highest BCUT2D eigenvalue weighted by atomic mass is 32.1. The number of amides is 1. The number of anilines is 1. The van der Waals surface area contributed by atoms with Crippen molar-refractivity contribution in [3.8, 4) is 0 Å². The van der Waals surface area contributed by atoms with E-state index in [1.807, 2.05) is 36.8 Å². The highest BCUT2D eigenvalue weighted by molar-refractivity contribution is 7.10. The molecular formula is C19H24N4OS. The second kappa shape index (κ2) is 6.75. The highest BCUT2D eigenvalue weighted by Gasteiger charge is 2.45. The van der Waals surface area contributed by atoms with E-state index in [-0.39, 0.29) is 5.91 Å². The Balaban J connectivity index is 1.42. The summed E-state index contributed by atoms with van der Waals surface area (Å²) in [6.07, 6.45) is 6.60. The van der Waals surface area contributed by atoms with Crippen LogP contribution in [0.2, 0.25) is 0 Å². The molecule has 2 aromatic heterocycles. The number of hydrogen-bond donors (Lipinski definition) is 0. The van der Waals surface area contributed by atoms with Crippen LogP contribution in [0.1, 0.15) is 23.4 Å². The predicted molar refractivity (Wildman–Crippen MR) is 99.8 cm³/mol. The first-order chi connectivity index (χ1) is 12.1. The lowest BCUT2D eigenvalue weighted by Crippen LogP contribution is -2.39. The Morgan fingerprint density at radius 2 is 2.20 bits per heavy atom. The van der Waals surface area contributed by atoms with E-state index < -0.39 is 0 Å². The third-order valence-corrected chi connectivity index (χ3v) is 6.58. The van der Waals surface area contributed by atoms with Gasteiger partial charge in [-0.25, -0.2) is 4.98 Å². The van der Waals surface area contributed by atoms with Crippen molar-refractivity contribution in [3.63, 3.8) is 0 Å². The fourth-order valence-electron chi connectivity index (χ4n) is 4.33. The van der Waals surface area contributed by atoms with Crippen LogP contribution >= 0.6 is 11.3 Å². The molecule has 3 atom stereocenters. The first-order valence-corrected chi connectivity index (χ1v) is 9.81. The average molecular weight is 356 g/mol. The molecule has 1 aliphatic carbocycles. The quantitative estimate of drug-likeness (QED) is 0.845. The minimum absolute atomic E-state index is 0.272. The summed E-state index contributed by atoms with van der Waals surface area (Å²) >= 11 is 1.66. The Hall–Kier alpha value is -1.95. The highest BCUT2D eigenvalue weighted by Crippen LogP contribution is 2.41. The first-order valence-electron chi connectivity index (χ1n) is 8.93. The number of aryl methyl sites for hydroxylation is 1. The van der Waals surface area contributed by atoms with Crippen LogP contribution in [0.25, 0.3) is 0 Å². The third-order valence-electron chi connectivity index (χ3n) is 5.70. The molecule has 1 saturated heterocycles. The van der Waals surface area contributed by atoms with Crippen LogP contribution in [-0.4, -0.2) is 47.0 Å². The number of nitrogens with zero attached hydrogens (tertiary/aromatic N) is 4. The van der Waals surface area contributed by atoms with Gasteiger partial charge in [0.25, 0.3) is 0 Å². The number of aromatic nitrogens is 2. The summed E-state index contributed by atoms with van der Waals surface area (Å²) < 4.78 is 0. The second-order valence-corrected chi connectivity index (χ2v) is 8.28. The van der Waals surface area contributed by atoms with E-state index in [0.717, 1.165) is 29.5 Å². The van der Waals surface area contributed by atoms with E-state index in [2.05, 4.69) is 26.8 Å². The molecule has 3 heterocycles. The van der Waals surface area contributed by atoms with Crippen LogP contribution in [0.15, 0.2) is 29.9 Å². The summed E-state index contributed by atoms with van der Waals surface area (Å²) in [5, 5.41) is 2.04. The lowest BCUT2D eigenvalue weighted by atomic mass is 9.97. The maximum atomic E-state index is 12.6. The number of hydrogen-bond acceptors (Lipinski definition) is 5. The van der Waals surface area contributed by atoms with Crippen LogP contribution in [0.4, 0.5) is 5.82 Å². The summed E-state index contributed by atoms with van der Waals surface area (Å²) in [5.41, 5.74) is 0.938. The number of thiophene rings is 1. The molecule has 2 aromatic rings.